The molecule has 1 heterocycles. The third-order valence-corrected chi connectivity index (χ3v) is 5.00. The van der Waals surface area contributed by atoms with Crippen LogP contribution in [0.15, 0.2) is 29.2 Å². The summed E-state index contributed by atoms with van der Waals surface area (Å²) >= 11 is 0. The SMILES string of the molecule is CC(=O)N1[C@H](CO)[C@@H](c2ccccc2S(C)(=O)=O)OC1(C)C. The van der Waals surface area contributed by atoms with Crippen molar-refractivity contribution < 1.29 is 23.1 Å². The quantitative estimate of drug-likeness (QED) is 0.899. The molecule has 122 valence electrons. The van der Waals surface area contributed by atoms with Gasteiger partial charge in [0.15, 0.2) is 9.84 Å². The average Bonchev–Trinajstić information content (AvgIpc) is 2.68. The van der Waals surface area contributed by atoms with Crippen molar-refractivity contribution in [1.82, 2.24) is 4.90 Å². The van der Waals surface area contributed by atoms with Crippen LogP contribution in [0, 0.1) is 0 Å². The van der Waals surface area contributed by atoms with Gasteiger partial charge in [-0.1, -0.05) is 18.2 Å². The molecule has 1 saturated heterocycles. The molecular weight excluding hydrogens is 306 g/mol. The topological polar surface area (TPSA) is 83.9 Å². The van der Waals surface area contributed by atoms with E-state index in [2.05, 4.69) is 0 Å². The van der Waals surface area contributed by atoms with E-state index < -0.39 is 27.7 Å². The summed E-state index contributed by atoms with van der Waals surface area (Å²) in [5.74, 6) is -0.233. The lowest BCUT2D eigenvalue weighted by Gasteiger charge is -2.31. The Labute approximate surface area is 130 Å². The largest absolute Gasteiger partial charge is 0.394 e. The van der Waals surface area contributed by atoms with E-state index in [4.69, 9.17) is 4.74 Å². The third-order valence-electron chi connectivity index (χ3n) is 3.83. The van der Waals surface area contributed by atoms with Crippen molar-refractivity contribution in [1.29, 1.82) is 0 Å². The normalized spacial score (nSPS) is 24.5. The summed E-state index contributed by atoms with van der Waals surface area (Å²) in [7, 11) is -3.44. The highest BCUT2D eigenvalue weighted by molar-refractivity contribution is 7.90. The first kappa shape index (κ1) is 16.9. The van der Waals surface area contributed by atoms with Gasteiger partial charge in [-0.05, 0) is 19.9 Å². The molecule has 1 N–H and O–H groups in total. The Morgan fingerprint density at radius 2 is 1.95 bits per heavy atom. The average molecular weight is 327 g/mol. The Hall–Kier alpha value is -1.44. The van der Waals surface area contributed by atoms with Crippen LogP contribution in [-0.2, 0) is 19.4 Å². The Balaban J connectivity index is 2.57. The summed E-state index contributed by atoms with van der Waals surface area (Å²) in [4.78, 5) is 13.5. The van der Waals surface area contributed by atoms with Crippen LogP contribution >= 0.6 is 0 Å². The molecular formula is C15H21NO5S. The summed E-state index contributed by atoms with van der Waals surface area (Å²) in [6.07, 6.45) is 0.428. The van der Waals surface area contributed by atoms with Crippen molar-refractivity contribution in [3.05, 3.63) is 29.8 Å². The van der Waals surface area contributed by atoms with Gasteiger partial charge in [0, 0.05) is 18.7 Å². The van der Waals surface area contributed by atoms with Crippen LogP contribution < -0.4 is 0 Å². The van der Waals surface area contributed by atoms with Crippen molar-refractivity contribution in [2.24, 2.45) is 0 Å². The van der Waals surface area contributed by atoms with Crippen molar-refractivity contribution >= 4 is 15.7 Å². The number of carbonyl (C=O) groups excluding carboxylic acids is 1. The van der Waals surface area contributed by atoms with Gasteiger partial charge in [0.1, 0.15) is 11.8 Å². The lowest BCUT2D eigenvalue weighted by molar-refractivity contribution is -0.145. The molecule has 1 aliphatic rings. The van der Waals surface area contributed by atoms with Crippen LogP contribution in [0.5, 0.6) is 0 Å². The summed E-state index contributed by atoms with van der Waals surface area (Å²) in [6, 6.07) is 5.88. The van der Waals surface area contributed by atoms with Crippen molar-refractivity contribution in [2.45, 2.75) is 43.5 Å². The zero-order valence-electron chi connectivity index (χ0n) is 13.1. The van der Waals surface area contributed by atoms with E-state index in [1.807, 2.05) is 0 Å². The van der Waals surface area contributed by atoms with Crippen LogP contribution in [0.2, 0.25) is 0 Å². The minimum Gasteiger partial charge on any atom is -0.394 e. The highest BCUT2D eigenvalue weighted by atomic mass is 32.2. The number of nitrogens with zero attached hydrogens (tertiary/aromatic N) is 1. The van der Waals surface area contributed by atoms with Crippen LogP contribution in [0.4, 0.5) is 0 Å². The first-order valence-corrected chi connectivity index (χ1v) is 8.86. The molecule has 2 rings (SSSR count). The number of hydrogen-bond acceptors (Lipinski definition) is 5. The molecule has 0 aromatic heterocycles. The molecule has 0 radical (unpaired) electrons. The first-order chi connectivity index (χ1) is 10.1. The number of hydrogen-bond donors (Lipinski definition) is 1. The van der Waals surface area contributed by atoms with Crippen LogP contribution in [-0.4, -0.2) is 49.0 Å². The maximum absolute atomic E-state index is 12.0. The molecule has 7 heteroatoms. The van der Waals surface area contributed by atoms with E-state index >= 15 is 0 Å². The minimum atomic E-state index is -3.44. The van der Waals surface area contributed by atoms with E-state index in [0.717, 1.165) is 6.26 Å². The Morgan fingerprint density at radius 3 is 2.45 bits per heavy atom. The summed E-state index contributed by atoms with van der Waals surface area (Å²) < 4.78 is 29.9. The predicted octanol–water partition coefficient (Wildman–Crippen LogP) is 1.11. The number of ether oxygens (including phenoxy) is 1. The Morgan fingerprint density at radius 1 is 1.36 bits per heavy atom. The zero-order chi connectivity index (χ0) is 16.7. The molecule has 1 aromatic carbocycles. The lowest BCUT2D eigenvalue weighted by atomic mass is 10.0. The fraction of sp³-hybridized carbons (Fsp3) is 0.533. The molecule has 0 unspecified atom stereocenters. The first-order valence-electron chi connectivity index (χ1n) is 6.97. The number of carbonyl (C=O) groups is 1. The van der Waals surface area contributed by atoms with Crippen LogP contribution in [0.25, 0.3) is 0 Å². The summed E-state index contributed by atoms with van der Waals surface area (Å²) in [5.41, 5.74) is -0.463. The fourth-order valence-electron chi connectivity index (χ4n) is 3.09. The second-order valence-electron chi connectivity index (χ2n) is 5.93. The van der Waals surface area contributed by atoms with Gasteiger partial charge in [-0.25, -0.2) is 8.42 Å². The van der Waals surface area contributed by atoms with Crippen molar-refractivity contribution in [3.63, 3.8) is 0 Å². The monoisotopic (exact) mass is 327 g/mol. The smallest absolute Gasteiger partial charge is 0.222 e. The standard InChI is InChI=1S/C15H21NO5S/c1-10(18)16-12(9-17)14(21-15(16,2)3)11-7-5-6-8-13(11)22(4,19)20/h5-8,12,14,17H,9H2,1-4H3/t12-,14-/m1/s1. The van der Waals surface area contributed by atoms with E-state index in [9.17, 15) is 18.3 Å². The molecule has 1 aliphatic heterocycles. The number of rotatable bonds is 3. The number of sulfone groups is 1. The maximum atomic E-state index is 12.0. The zero-order valence-corrected chi connectivity index (χ0v) is 13.9. The molecule has 0 saturated carbocycles. The van der Waals surface area contributed by atoms with Crippen molar-refractivity contribution in [2.75, 3.05) is 12.9 Å². The third kappa shape index (κ3) is 2.88. The van der Waals surface area contributed by atoms with Crippen LogP contribution in [0.1, 0.15) is 32.4 Å². The van der Waals surface area contributed by atoms with E-state index in [0.29, 0.717) is 5.56 Å². The van der Waals surface area contributed by atoms with Gasteiger partial charge in [0.2, 0.25) is 5.91 Å². The second-order valence-corrected chi connectivity index (χ2v) is 7.92. The maximum Gasteiger partial charge on any atom is 0.222 e. The Bertz CT molecular complexity index is 683. The molecule has 1 amide bonds. The van der Waals surface area contributed by atoms with E-state index in [1.165, 1.54) is 17.9 Å². The van der Waals surface area contributed by atoms with Gasteiger partial charge < -0.3 is 14.7 Å². The van der Waals surface area contributed by atoms with Gasteiger partial charge in [-0.2, -0.15) is 0 Å². The number of benzene rings is 1. The number of aliphatic hydroxyl groups is 1. The number of amides is 1. The minimum absolute atomic E-state index is 0.152. The lowest BCUT2D eigenvalue weighted by Crippen LogP contribution is -2.48. The van der Waals surface area contributed by atoms with Gasteiger partial charge in [0.05, 0.1) is 17.5 Å². The van der Waals surface area contributed by atoms with Gasteiger partial charge in [-0.3, -0.25) is 4.79 Å². The summed E-state index contributed by atoms with van der Waals surface area (Å²) in [5, 5.41) is 9.72. The van der Waals surface area contributed by atoms with Crippen molar-refractivity contribution in [3.8, 4) is 0 Å². The van der Waals surface area contributed by atoms with Gasteiger partial charge >= 0.3 is 0 Å². The van der Waals surface area contributed by atoms with Crippen LogP contribution in [0.3, 0.4) is 0 Å². The summed E-state index contributed by atoms with van der Waals surface area (Å²) in [6.45, 7) is 4.53. The van der Waals surface area contributed by atoms with E-state index in [1.54, 1.807) is 32.0 Å². The molecule has 1 aromatic rings. The van der Waals surface area contributed by atoms with Gasteiger partial charge in [-0.15, -0.1) is 0 Å². The highest BCUT2D eigenvalue weighted by Gasteiger charge is 2.49. The van der Waals surface area contributed by atoms with Gasteiger partial charge in [0.25, 0.3) is 0 Å². The molecule has 22 heavy (non-hydrogen) atoms. The number of aliphatic hydroxyl groups excluding tert-OH is 1. The molecule has 6 nitrogen and oxygen atoms in total. The highest BCUT2D eigenvalue weighted by Crippen LogP contribution is 2.42. The molecule has 0 spiro atoms. The fourth-order valence-corrected chi connectivity index (χ4v) is 4.03. The predicted molar refractivity (Wildman–Crippen MR) is 80.9 cm³/mol. The second kappa shape index (κ2) is 5.64. The molecule has 0 bridgehead atoms. The van der Waals surface area contributed by atoms with E-state index in [-0.39, 0.29) is 17.4 Å². The molecule has 0 aliphatic carbocycles. The molecule has 2 atom stereocenters. The molecule has 1 fully saturated rings. The Kier molecular flexibility index (Phi) is 4.34.